The molecule has 1 aliphatic carbocycles. The quantitative estimate of drug-likeness (QED) is 0.879. The molecule has 21 heavy (non-hydrogen) atoms. The molecule has 5 heteroatoms. The summed E-state index contributed by atoms with van der Waals surface area (Å²) in [6.07, 6.45) is 8.16. The summed E-state index contributed by atoms with van der Waals surface area (Å²) >= 11 is 0. The SMILES string of the molecule is Cc1cnccc1CC(=O)NC1CCC(=O)NC12CCC2. The monoisotopic (exact) mass is 287 g/mol. The van der Waals surface area contributed by atoms with Crippen molar-refractivity contribution in [2.45, 2.75) is 57.0 Å². The molecule has 2 heterocycles. The highest BCUT2D eigenvalue weighted by atomic mass is 16.2. The van der Waals surface area contributed by atoms with Gasteiger partial charge in [0.2, 0.25) is 11.8 Å². The van der Waals surface area contributed by atoms with Gasteiger partial charge in [0.05, 0.1) is 18.0 Å². The molecule has 1 spiro atoms. The maximum Gasteiger partial charge on any atom is 0.224 e. The van der Waals surface area contributed by atoms with Gasteiger partial charge in [-0.1, -0.05) is 0 Å². The zero-order valence-electron chi connectivity index (χ0n) is 12.3. The van der Waals surface area contributed by atoms with E-state index < -0.39 is 0 Å². The van der Waals surface area contributed by atoms with Crippen molar-refractivity contribution in [2.24, 2.45) is 0 Å². The van der Waals surface area contributed by atoms with Crippen LogP contribution in [-0.4, -0.2) is 28.4 Å². The minimum absolute atomic E-state index is 0.0247. The summed E-state index contributed by atoms with van der Waals surface area (Å²) < 4.78 is 0. The summed E-state index contributed by atoms with van der Waals surface area (Å²) in [4.78, 5) is 27.9. The highest BCUT2D eigenvalue weighted by Gasteiger charge is 2.48. The molecular formula is C16H21N3O2. The molecule has 1 aliphatic heterocycles. The molecule has 0 bridgehead atoms. The second-order valence-electron chi connectivity index (χ2n) is 6.20. The maximum atomic E-state index is 12.3. The van der Waals surface area contributed by atoms with Crippen molar-refractivity contribution in [3.05, 3.63) is 29.6 Å². The molecule has 1 atom stereocenters. The van der Waals surface area contributed by atoms with Crippen LogP contribution in [0.1, 0.15) is 43.2 Å². The molecule has 0 aromatic carbocycles. The Balaban J connectivity index is 1.64. The molecule has 1 saturated carbocycles. The van der Waals surface area contributed by atoms with Gasteiger partial charge in [0.25, 0.3) is 0 Å². The Morgan fingerprint density at radius 2 is 2.33 bits per heavy atom. The van der Waals surface area contributed by atoms with Crippen LogP contribution in [0.5, 0.6) is 0 Å². The molecule has 1 saturated heterocycles. The number of hydrogen-bond acceptors (Lipinski definition) is 3. The van der Waals surface area contributed by atoms with E-state index in [2.05, 4.69) is 15.6 Å². The van der Waals surface area contributed by atoms with Gasteiger partial charge in [0.1, 0.15) is 0 Å². The third-order valence-electron chi connectivity index (χ3n) is 4.78. The maximum absolute atomic E-state index is 12.3. The first kappa shape index (κ1) is 14.0. The predicted octanol–water partition coefficient (Wildman–Crippen LogP) is 1.25. The third-order valence-corrected chi connectivity index (χ3v) is 4.78. The van der Waals surface area contributed by atoms with Gasteiger partial charge >= 0.3 is 0 Å². The largest absolute Gasteiger partial charge is 0.351 e. The standard InChI is InChI=1S/C16H21N3O2/c1-11-10-17-8-5-12(11)9-15(21)18-13-3-4-14(20)19-16(13)6-2-7-16/h5,8,10,13H,2-4,6-7,9H2,1H3,(H,18,21)(H,19,20). The van der Waals surface area contributed by atoms with Crippen molar-refractivity contribution in [2.75, 3.05) is 0 Å². The molecule has 1 aromatic heterocycles. The molecule has 1 aromatic rings. The molecule has 2 fully saturated rings. The molecule has 3 rings (SSSR count). The fraction of sp³-hybridized carbons (Fsp3) is 0.562. The number of carbonyl (C=O) groups excluding carboxylic acids is 2. The molecule has 2 N–H and O–H groups in total. The van der Waals surface area contributed by atoms with E-state index in [9.17, 15) is 9.59 Å². The molecular weight excluding hydrogens is 266 g/mol. The van der Waals surface area contributed by atoms with E-state index in [1.54, 1.807) is 12.4 Å². The van der Waals surface area contributed by atoms with Gasteiger partial charge in [-0.05, 0) is 49.8 Å². The normalized spacial score (nSPS) is 23.3. The topological polar surface area (TPSA) is 71.1 Å². The second-order valence-corrected chi connectivity index (χ2v) is 6.20. The number of aromatic nitrogens is 1. The first-order valence-corrected chi connectivity index (χ1v) is 7.59. The Labute approximate surface area is 124 Å². The second kappa shape index (κ2) is 5.47. The average molecular weight is 287 g/mol. The van der Waals surface area contributed by atoms with Crippen molar-refractivity contribution in [3.63, 3.8) is 0 Å². The predicted molar refractivity (Wildman–Crippen MR) is 78.6 cm³/mol. The first-order chi connectivity index (χ1) is 10.1. The highest BCUT2D eigenvalue weighted by molar-refractivity contribution is 5.81. The van der Waals surface area contributed by atoms with Gasteiger partial charge in [0.15, 0.2) is 0 Å². The van der Waals surface area contributed by atoms with Crippen LogP contribution >= 0.6 is 0 Å². The van der Waals surface area contributed by atoms with Gasteiger partial charge in [-0.2, -0.15) is 0 Å². The lowest BCUT2D eigenvalue weighted by atomic mass is 9.68. The zero-order chi connectivity index (χ0) is 14.9. The van der Waals surface area contributed by atoms with E-state index in [1.165, 1.54) is 0 Å². The lowest BCUT2D eigenvalue weighted by Gasteiger charge is -2.51. The summed E-state index contributed by atoms with van der Waals surface area (Å²) in [5, 5.41) is 6.23. The van der Waals surface area contributed by atoms with Gasteiger partial charge in [-0.15, -0.1) is 0 Å². The molecule has 1 unspecified atom stereocenters. The summed E-state index contributed by atoms with van der Waals surface area (Å²) in [6, 6.07) is 1.95. The fourth-order valence-corrected chi connectivity index (χ4v) is 3.34. The van der Waals surface area contributed by atoms with E-state index in [4.69, 9.17) is 0 Å². The van der Waals surface area contributed by atoms with Crippen molar-refractivity contribution in [1.29, 1.82) is 0 Å². The average Bonchev–Trinajstić information content (AvgIpc) is 2.41. The summed E-state index contributed by atoms with van der Waals surface area (Å²) in [5.41, 5.74) is 1.85. The number of aryl methyl sites for hydroxylation is 1. The van der Waals surface area contributed by atoms with Crippen LogP contribution in [0.15, 0.2) is 18.5 Å². The molecule has 112 valence electrons. The Kier molecular flexibility index (Phi) is 3.66. The van der Waals surface area contributed by atoms with Crippen molar-refractivity contribution >= 4 is 11.8 Å². The van der Waals surface area contributed by atoms with Crippen LogP contribution in [0, 0.1) is 6.92 Å². The summed E-state index contributed by atoms with van der Waals surface area (Å²) in [5.74, 6) is 0.141. The minimum atomic E-state index is -0.182. The van der Waals surface area contributed by atoms with Gasteiger partial charge < -0.3 is 10.6 Å². The summed E-state index contributed by atoms with van der Waals surface area (Å²) in [6.45, 7) is 1.96. The van der Waals surface area contributed by atoms with Crippen LogP contribution in [0.4, 0.5) is 0 Å². The Morgan fingerprint density at radius 3 is 3.00 bits per heavy atom. The number of amides is 2. The molecule has 5 nitrogen and oxygen atoms in total. The van der Waals surface area contributed by atoms with Crippen LogP contribution < -0.4 is 10.6 Å². The zero-order valence-corrected chi connectivity index (χ0v) is 12.3. The van der Waals surface area contributed by atoms with Crippen molar-refractivity contribution < 1.29 is 9.59 Å². The molecule has 2 amide bonds. The first-order valence-electron chi connectivity index (χ1n) is 7.59. The van der Waals surface area contributed by atoms with Crippen molar-refractivity contribution in [1.82, 2.24) is 15.6 Å². The lowest BCUT2D eigenvalue weighted by Crippen LogP contribution is -2.68. The van der Waals surface area contributed by atoms with Gasteiger partial charge in [-0.3, -0.25) is 14.6 Å². The smallest absolute Gasteiger partial charge is 0.224 e. The van der Waals surface area contributed by atoms with Crippen LogP contribution in [0.3, 0.4) is 0 Å². The van der Waals surface area contributed by atoms with Crippen LogP contribution in [0.2, 0.25) is 0 Å². The number of hydrogen-bond donors (Lipinski definition) is 2. The fourth-order valence-electron chi connectivity index (χ4n) is 3.34. The van der Waals surface area contributed by atoms with E-state index >= 15 is 0 Å². The molecule has 2 aliphatic rings. The Morgan fingerprint density at radius 1 is 1.52 bits per heavy atom. The minimum Gasteiger partial charge on any atom is -0.351 e. The van der Waals surface area contributed by atoms with E-state index in [-0.39, 0.29) is 23.4 Å². The summed E-state index contributed by atoms with van der Waals surface area (Å²) in [7, 11) is 0. The number of pyridine rings is 1. The van der Waals surface area contributed by atoms with E-state index in [0.717, 1.165) is 36.8 Å². The third kappa shape index (κ3) is 2.77. The van der Waals surface area contributed by atoms with E-state index in [1.807, 2.05) is 13.0 Å². The highest BCUT2D eigenvalue weighted by Crippen LogP contribution is 2.38. The Hall–Kier alpha value is -1.91. The number of rotatable bonds is 3. The number of piperidine rings is 1. The van der Waals surface area contributed by atoms with Gasteiger partial charge in [0, 0.05) is 18.8 Å². The van der Waals surface area contributed by atoms with Crippen LogP contribution in [0.25, 0.3) is 0 Å². The lowest BCUT2D eigenvalue weighted by molar-refractivity contribution is -0.131. The molecule has 0 radical (unpaired) electrons. The number of nitrogens with zero attached hydrogens (tertiary/aromatic N) is 1. The van der Waals surface area contributed by atoms with E-state index in [0.29, 0.717) is 12.8 Å². The Bertz CT molecular complexity index is 566. The van der Waals surface area contributed by atoms with Crippen LogP contribution in [-0.2, 0) is 16.0 Å². The van der Waals surface area contributed by atoms with Gasteiger partial charge in [-0.25, -0.2) is 0 Å². The number of carbonyl (C=O) groups is 2. The number of nitrogens with one attached hydrogen (secondary N) is 2. The van der Waals surface area contributed by atoms with Crippen molar-refractivity contribution in [3.8, 4) is 0 Å².